The van der Waals surface area contributed by atoms with E-state index in [1.807, 2.05) is 27.7 Å². The van der Waals surface area contributed by atoms with E-state index in [2.05, 4.69) is 10.3 Å². The Hall–Kier alpha value is -1.62. The minimum Gasteiger partial charge on any atom is -0.478 e. The number of aromatic carboxylic acids is 1. The summed E-state index contributed by atoms with van der Waals surface area (Å²) in [6, 6.07) is 3.24. The summed E-state index contributed by atoms with van der Waals surface area (Å²) in [7, 11) is 0. The van der Waals surface area contributed by atoms with Gasteiger partial charge in [0.15, 0.2) is 0 Å². The van der Waals surface area contributed by atoms with E-state index in [4.69, 9.17) is 5.11 Å². The first-order chi connectivity index (χ1) is 9.27. The molecule has 1 unspecified atom stereocenters. The van der Waals surface area contributed by atoms with Gasteiger partial charge in [-0.05, 0) is 25.0 Å². The standard InChI is InChI=1S/C15H24N2O3/c1-5-11(6-7-18)16-13-9-10(14(19)20)8-12(17-13)15(2,3)4/h8-9,11,18H,5-7H2,1-4H3,(H,16,17)(H,19,20). The number of carboxylic acids is 1. The van der Waals surface area contributed by atoms with Crippen LogP contribution in [-0.4, -0.2) is 33.8 Å². The lowest BCUT2D eigenvalue weighted by Gasteiger charge is -2.22. The van der Waals surface area contributed by atoms with Crippen LogP contribution in [0.25, 0.3) is 0 Å². The Balaban J connectivity index is 3.12. The zero-order valence-electron chi connectivity index (χ0n) is 12.6. The SMILES string of the molecule is CCC(CCO)Nc1cc(C(=O)O)cc(C(C)(C)C)n1. The molecule has 1 aromatic heterocycles. The minimum absolute atomic E-state index is 0.0874. The smallest absolute Gasteiger partial charge is 0.335 e. The van der Waals surface area contributed by atoms with E-state index in [0.29, 0.717) is 12.2 Å². The van der Waals surface area contributed by atoms with Gasteiger partial charge in [-0.2, -0.15) is 0 Å². The third-order valence-corrected chi connectivity index (χ3v) is 3.16. The van der Waals surface area contributed by atoms with Crippen LogP contribution in [-0.2, 0) is 5.41 Å². The Kier molecular flexibility index (Phi) is 5.51. The van der Waals surface area contributed by atoms with Gasteiger partial charge in [0, 0.05) is 23.8 Å². The molecule has 1 rings (SSSR count). The molecule has 0 saturated carbocycles. The van der Waals surface area contributed by atoms with Crippen molar-refractivity contribution in [2.24, 2.45) is 0 Å². The van der Waals surface area contributed by atoms with Gasteiger partial charge in [0.05, 0.1) is 5.56 Å². The average molecular weight is 280 g/mol. The number of aliphatic hydroxyl groups excluding tert-OH is 1. The van der Waals surface area contributed by atoms with Crippen molar-refractivity contribution in [1.82, 2.24) is 4.98 Å². The van der Waals surface area contributed by atoms with Crippen molar-refractivity contribution in [3.63, 3.8) is 0 Å². The largest absolute Gasteiger partial charge is 0.478 e. The molecule has 0 aliphatic carbocycles. The van der Waals surface area contributed by atoms with Crippen LogP contribution in [0.1, 0.15) is 56.6 Å². The Morgan fingerprint density at radius 1 is 1.40 bits per heavy atom. The van der Waals surface area contributed by atoms with Gasteiger partial charge in [-0.1, -0.05) is 27.7 Å². The molecule has 5 heteroatoms. The van der Waals surface area contributed by atoms with Crippen molar-refractivity contribution >= 4 is 11.8 Å². The molecular formula is C15H24N2O3. The van der Waals surface area contributed by atoms with Gasteiger partial charge in [0.2, 0.25) is 0 Å². The third-order valence-electron chi connectivity index (χ3n) is 3.16. The number of hydrogen-bond donors (Lipinski definition) is 3. The van der Waals surface area contributed by atoms with Gasteiger partial charge >= 0.3 is 5.97 Å². The Bertz CT molecular complexity index is 467. The molecule has 0 amide bonds. The quantitative estimate of drug-likeness (QED) is 0.746. The second-order valence-electron chi connectivity index (χ2n) is 5.94. The number of rotatable bonds is 6. The van der Waals surface area contributed by atoms with Crippen LogP contribution in [0.15, 0.2) is 12.1 Å². The summed E-state index contributed by atoms with van der Waals surface area (Å²) >= 11 is 0. The normalized spacial score (nSPS) is 13.1. The molecule has 0 saturated heterocycles. The van der Waals surface area contributed by atoms with E-state index in [0.717, 1.165) is 12.1 Å². The number of carbonyl (C=O) groups is 1. The maximum Gasteiger partial charge on any atom is 0.335 e. The highest BCUT2D eigenvalue weighted by molar-refractivity contribution is 5.88. The Morgan fingerprint density at radius 2 is 2.05 bits per heavy atom. The Labute approximate surface area is 120 Å². The lowest BCUT2D eigenvalue weighted by Crippen LogP contribution is -2.23. The van der Waals surface area contributed by atoms with Crippen molar-refractivity contribution in [3.8, 4) is 0 Å². The topological polar surface area (TPSA) is 82.5 Å². The molecule has 1 aromatic rings. The number of anilines is 1. The van der Waals surface area contributed by atoms with E-state index in [1.54, 1.807) is 6.07 Å². The van der Waals surface area contributed by atoms with Crippen LogP contribution in [0.4, 0.5) is 5.82 Å². The highest BCUT2D eigenvalue weighted by atomic mass is 16.4. The highest BCUT2D eigenvalue weighted by Gasteiger charge is 2.19. The molecule has 5 nitrogen and oxygen atoms in total. The molecule has 112 valence electrons. The molecule has 0 aliphatic rings. The minimum atomic E-state index is -0.962. The predicted molar refractivity (Wildman–Crippen MR) is 79.3 cm³/mol. The van der Waals surface area contributed by atoms with E-state index < -0.39 is 5.97 Å². The highest BCUT2D eigenvalue weighted by Crippen LogP contribution is 2.24. The van der Waals surface area contributed by atoms with E-state index in [-0.39, 0.29) is 23.6 Å². The number of nitrogens with zero attached hydrogens (tertiary/aromatic N) is 1. The number of aliphatic hydroxyl groups is 1. The van der Waals surface area contributed by atoms with Crippen molar-refractivity contribution in [2.75, 3.05) is 11.9 Å². The van der Waals surface area contributed by atoms with Gasteiger partial charge in [-0.15, -0.1) is 0 Å². The lowest BCUT2D eigenvalue weighted by atomic mass is 9.90. The molecule has 1 atom stereocenters. The van der Waals surface area contributed by atoms with Gasteiger partial charge in [0.1, 0.15) is 5.82 Å². The summed E-state index contributed by atoms with van der Waals surface area (Å²) in [6.45, 7) is 8.09. The monoisotopic (exact) mass is 280 g/mol. The van der Waals surface area contributed by atoms with Crippen molar-refractivity contribution in [2.45, 2.75) is 52.0 Å². The van der Waals surface area contributed by atoms with Crippen LogP contribution >= 0.6 is 0 Å². The van der Waals surface area contributed by atoms with Gasteiger partial charge in [0.25, 0.3) is 0 Å². The van der Waals surface area contributed by atoms with Crippen molar-refractivity contribution < 1.29 is 15.0 Å². The third kappa shape index (κ3) is 4.49. The molecule has 0 spiro atoms. The van der Waals surface area contributed by atoms with Crippen LogP contribution in [0.2, 0.25) is 0 Å². The van der Waals surface area contributed by atoms with E-state index in [9.17, 15) is 9.90 Å². The van der Waals surface area contributed by atoms with Crippen LogP contribution < -0.4 is 5.32 Å². The first-order valence-electron chi connectivity index (χ1n) is 6.91. The molecule has 20 heavy (non-hydrogen) atoms. The Morgan fingerprint density at radius 3 is 2.50 bits per heavy atom. The van der Waals surface area contributed by atoms with E-state index in [1.165, 1.54) is 6.07 Å². The molecule has 0 bridgehead atoms. The summed E-state index contributed by atoms with van der Waals surface area (Å²) in [5.74, 6) is -0.411. The summed E-state index contributed by atoms with van der Waals surface area (Å²) in [4.78, 5) is 15.7. The zero-order chi connectivity index (χ0) is 15.3. The van der Waals surface area contributed by atoms with Gasteiger partial charge in [-0.25, -0.2) is 9.78 Å². The summed E-state index contributed by atoms with van der Waals surface area (Å²) in [5, 5.41) is 21.4. The first kappa shape index (κ1) is 16.4. The number of carboxylic acid groups (broad SMARTS) is 1. The van der Waals surface area contributed by atoms with Crippen LogP contribution in [0.5, 0.6) is 0 Å². The number of pyridine rings is 1. The van der Waals surface area contributed by atoms with Crippen molar-refractivity contribution in [1.29, 1.82) is 0 Å². The maximum atomic E-state index is 11.2. The number of nitrogens with one attached hydrogen (secondary N) is 1. The number of aromatic nitrogens is 1. The first-order valence-corrected chi connectivity index (χ1v) is 6.91. The molecular weight excluding hydrogens is 256 g/mol. The molecule has 3 N–H and O–H groups in total. The average Bonchev–Trinajstić information content (AvgIpc) is 2.36. The van der Waals surface area contributed by atoms with Crippen LogP contribution in [0, 0.1) is 0 Å². The second-order valence-corrected chi connectivity index (χ2v) is 5.94. The fraction of sp³-hybridized carbons (Fsp3) is 0.600. The lowest BCUT2D eigenvalue weighted by molar-refractivity contribution is 0.0696. The molecule has 1 heterocycles. The molecule has 0 aliphatic heterocycles. The number of hydrogen-bond acceptors (Lipinski definition) is 4. The molecule has 0 radical (unpaired) electrons. The van der Waals surface area contributed by atoms with Crippen LogP contribution in [0.3, 0.4) is 0 Å². The molecule has 0 aromatic carbocycles. The zero-order valence-corrected chi connectivity index (χ0v) is 12.6. The fourth-order valence-electron chi connectivity index (χ4n) is 1.86. The second kappa shape index (κ2) is 6.70. The summed E-state index contributed by atoms with van der Waals surface area (Å²) in [6.07, 6.45) is 1.45. The van der Waals surface area contributed by atoms with Gasteiger partial charge in [-0.3, -0.25) is 0 Å². The maximum absolute atomic E-state index is 11.2. The summed E-state index contributed by atoms with van der Waals surface area (Å²) < 4.78 is 0. The molecule has 0 fully saturated rings. The fourth-order valence-corrected chi connectivity index (χ4v) is 1.86. The predicted octanol–water partition coefficient (Wildman–Crippen LogP) is 2.65. The van der Waals surface area contributed by atoms with Crippen molar-refractivity contribution in [3.05, 3.63) is 23.4 Å². The summed E-state index contributed by atoms with van der Waals surface area (Å²) in [5.41, 5.74) is 0.741. The van der Waals surface area contributed by atoms with Gasteiger partial charge < -0.3 is 15.5 Å². The van der Waals surface area contributed by atoms with E-state index >= 15 is 0 Å².